The zero-order chi connectivity index (χ0) is 22.7. The lowest BCUT2D eigenvalue weighted by molar-refractivity contribution is 0.0334. The maximum Gasteiger partial charge on any atom is 0.171 e. The summed E-state index contributed by atoms with van der Waals surface area (Å²) >= 11 is 6.10. The zero-order valence-corrected chi connectivity index (χ0v) is 19.3. The fourth-order valence-electron chi connectivity index (χ4n) is 5.98. The molecule has 3 aliphatic rings. The zero-order valence-electron chi connectivity index (χ0n) is 18.6. The molecule has 3 saturated carbocycles. The SMILES string of the molecule is CC1C2CCC(CC2)C1Cc1nc(-c2c[nH]c3ncc(Cl)nc23)nc(-c2cnn(C)c2)c1F. The first kappa shape index (κ1) is 20.7. The van der Waals surface area contributed by atoms with Crippen LogP contribution < -0.4 is 0 Å². The molecule has 2 atom stereocenters. The Bertz CT molecular complexity index is 1340. The fourth-order valence-corrected chi connectivity index (χ4v) is 6.11. The molecule has 7 rings (SSSR count). The summed E-state index contributed by atoms with van der Waals surface area (Å²) in [4.78, 5) is 21.2. The van der Waals surface area contributed by atoms with E-state index in [-0.39, 0.29) is 16.7 Å². The lowest BCUT2D eigenvalue weighted by atomic mass is 9.58. The summed E-state index contributed by atoms with van der Waals surface area (Å²) in [6.07, 6.45) is 12.4. The Morgan fingerprint density at radius 2 is 1.91 bits per heavy atom. The van der Waals surface area contributed by atoms with Crippen molar-refractivity contribution in [2.75, 3.05) is 0 Å². The first-order valence-corrected chi connectivity index (χ1v) is 11.9. The minimum atomic E-state index is -0.357. The lowest BCUT2D eigenvalue weighted by Crippen LogP contribution is -2.39. The van der Waals surface area contributed by atoms with E-state index >= 15 is 4.39 Å². The van der Waals surface area contributed by atoms with Crippen molar-refractivity contribution in [3.8, 4) is 22.6 Å². The molecule has 0 aliphatic heterocycles. The van der Waals surface area contributed by atoms with E-state index < -0.39 is 0 Å². The predicted octanol–water partition coefficient (Wildman–Crippen LogP) is 5.22. The molecule has 9 heteroatoms. The van der Waals surface area contributed by atoms with Gasteiger partial charge in [0.25, 0.3) is 0 Å². The number of halogens is 2. The van der Waals surface area contributed by atoms with E-state index in [9.17, 15) is 0 Å². The number of nitrogens with zero attached hydrogens (tertiary/aromatic N) is 6. The molecule has 0 aromatic carbocycles. The number of fused-ring (bicyclic) bond motifs is 4. The number of rotatable bonds is 4. The van der Waals surface area contributed by atoms with Crippen LogP contribution in [-0.4, -0.2) is 34.7 Å². The third kappa shape index (κ3) is 3.51. The normalized spacial score (nSPS) is 24.6. The Labute approximate surface area is 195 Å². The molecule has 4 aromatic rings. The molecule has 2 unspecified atom stereocenters. The molecule has 3 aliphatic carbocycles. The molecule has 4 aromatic heterocycles. The third-order valence-electron chi connectivity index (χ3n) is 7.76. The molecule has 4 heterocycles. The summed E-state index contributed by atoms with van der Waals surface area (Å²) < 4.78 is 17.5. The number of aryl methyl sites for hydroxylation is 1. The van der Waals surface area contributed by atoms with Crippen LogP contribution in [0.5, 0.6) is 0 Å². The Morgan fingerprint density at radius 1 is 1.12 bits per heavy atom. The van der Waals surface area contributed by atoms with Gasteiger partial charge in [0, 0.05) is 25.0 Å². The highest BCUT2D eigenvalue weighted by Crippen LogP contribution is 2.50. The molecule has 0 amide bonds. The van der Waals surface area contributed by atoms with Crippen molar-refractivity contribution >= 4 is 22.8 Å². The van der Waals surface area contributed by atoms with E-state index in [2.05, 4.69) is 32.0 Å². The first-order valence-electron chi connectivity index (χ1n) is 11.5. The molecular formula is C24H25ClFN7. The summed E-state index contributed by atoms with van der Waals surface area (Å²) in [5.41, 5.74) is 3.17. The first-order chi connectivity index (χ1) is 16.0. The highest BCUT2D eigenvalue weighted by molar-refractivity contribution is 6.29. The maximum absolute atomic E-state index is 15.9. The van der Waals surface area contributed by atoms with Gasteiger partial charge >= 0.3 is 0 Å². The van der Waals surface area contributed by atoms with Crippen molar-refractivity contribution in [2.45, 2.75) is 39.0 Å². The summed E-state index contributed by atoms with van der Waals surface area (Å²) in [6.45, 7) is 2.33. The second kappa shape index (κ2) is 7.87. The van der Waals surface area contributed by atoms with E-state index in [0.29, 0.717) is 58.0 Å². The van der Waals surface area contributed by atoms with Crippen molar-refractivity contribution in [1.82, 2.24) is 34.7 Å². The maximum atomic E-state index is 15.9. The molecule has 0 spiro atoms. The van der Waals surface area contributed by atoms with Gasteiger partial charge in [-0.2, -0.15) is 5.10 Å². The van der Waals surface area contributed by atoms with Gasteiger partial charge in [0.2, 0.25) is 0 Å². The molecule has 1 N–H and O–H groups in total. The Balaban J connectivity index is 1.49. The third-order valence-corrected chi connectivity index (χ3v) is 7.94. The molecule has 0 radical (unpaired) electrons. The Morgan fingerprint density at radius 3 is 2.64 bits per heavy atom. The van der Waals surface area contributed by atoms with Gasteiger partial charge in [0.05, 0.1) is 23.7 Å². The predicted molar refractivity (Wildman–Crippen MR) is 124 cm³/mol. The number of hydrogen-bond acceptors (Lipinski definition) is 5. The van der Waals surface area contributed by atoms with Crippen molar-refractivity contribution < 1.29 is 4.39 Å². The van der Waals surface area contributed by atoms with Crippen molar-refractivity contribution in [2.24, 2.45) is 30.7 Å². The van der Waals surface area contributed by atoms with E-state index in [4.69, 9.17) is 16.6 Å². The molecule has 2 bridgehead atoms. The van der Waals surface area contributed by atoms with E-state index in [1.54, 1.807) is 23.3 Å². The number of aromatic nitrogens is 7. The number of H-pyrrole nitrogens is 1. The smallest absolute Gasteiger partial charge is 0.171 e. The second-order valence-electron chi connectivity index (χ2n) is 9.55. The molecule has 7 nitrogen and oxygen atoms in total. The van der Waals surface area contributed by atoms with Crippen LogP contribution in [0.1, 0.15) is 38.3 Å². The van der Waals surface area contributed by atoms with Gasteiger partial charge in [0.1, 0.15) is 16.4 Å². The van der Waals surface area contributed by atoms with Gasteiger partial charge < -0.3 is 4.98 Å². The topological polar surface area (TPSA) is 85.2 Å². The van der Waals surface area contributed by atoms with E-state index in [1.807, 2.05) is 7.05 Å². The van der Waals surface area contributed by atoms with Crippen molar-refractivity contribution in [1.29, 1.82) is 0 Å². The Hall–Kier alpha value is -2.87. The minimum Gasteiger partial charge on any atom is -0.344 e. The van der Waals surface area contributed by atoms with E-state index in [0.717, 1.165) is 5.92 Å². The average Bonchev–Trinajstić information content (AvgIpc) is 3.43. The molecule has 33 heavy (non-hydrogen) atoms. The van der Waals surface area contributed by atoms with Crippen molar-refractivity contribution in [3.05, 3.63) is 41.5 Å². The average molecular weight is 466 g/mol. The number of nitrogens with one attached hydrogen (secondary N) is 1. The summed E-state index contributed by atoms with van der Waals surface area (Å²) in [6, 6.07) is 0. The summed E-state index contributed by atoms with van der Waals surface area (Å²) in [5, 5.41) is 4.50. The second-order valence-corrected chi connectivity index (χ2v) is 9.94. The van der Waals surface area contributed by atoms with Gasteiger partial charge in [-0.3, -0.25) is 4.68 Å². The van der Waals surface area contributed by atoms with Gasteiger partial charge in [-0.1, -0.05) is 18.5 Å². The quantitative estimate of drug-likeness (QED) is 0.446. The van der Waals surface area contributed by atoms with Crippen LogP contribution in [0.2, 0.25) is 5.15 Å². The highest BCUT2D eigenvalue weighted by atomic mass is 35.5. The molecular weight excluding hydrogens is 441 g/mol. The van der Waals surface area contributed by atoms with Crippen LogP contribution in [0, 0.1) is 29.5 Å². The standard InChI is InChI=1S/C24H25ClFN7/c1-12-13-3-5-14(6-4-13)16(12)7-18-20(26)21(15-8-29-33(2)11-15)32-23(30-18)17-9-27-24-22(17)31-19(25)10-28-24/h8-14,16H,3-7H2,1-2H3,(H,27,28). The Kier molecular flexibility index (Phi) is 4.94. The van der Waals surface area contributed by atoms with Crippen LogP contribution in [0.3, 0.4) is 0 Å². The van der Waals surface area contributed by atoms with Crippen LogP contribution in [0.4, 0.5) is 4.39 Å². The highest BCUT2D eigenvalue weighted by Gasteiger charge is 2.41. The van der Waals surface area contributed by atoms with E-state index in [1.165, 1.54) is 31.9 Å². The van der Waals surface area contributed by atoms with Crippen LogP contribution in [0.25, 0.3) is 33.8 Å². The molecule has 170 valence electrons. The fraction of sp³-hybridized carbons (Fsp3) is 0.458. The molecule has 0 saturated heterocycles. The lowest BCUT2D eigenvalue weighted by Gasteiger charge is -2.47. The van der Waals surface area contributed by atoms with Crippen LogP contribution in [-0.2, 0) is 13.5 Å². The monoisotopic (exact) mass is 465 g/mol. The largest absolute Gasteiger partial charge is 0.344 e. The van der Waals surface area contributed by atoms with Crippen molar-refractivity contribution in [3.63, 3.8) is 0 Å². The van der Waals surface area contributed by atoms with Crippen LogP contribution in [0.15, 0.2) is 24.8 Å². The number of aromatic amines is 1. The van der Waals surface area contributed by atoms with Gasteiger partial charge in [0.15, 0.2) is 17.3 Å². The minimum absolute atomic E-state index is 0.265. The molecule has 3 fully saturated rings. The van der Waals surface area contributed by atoms with Gasteiger partial charge in [-0.25, -0.2) is 24.3 Å². The van der Waals surface area contributed by atoms with Crippen LogP contribution >= 0.6 is 11.6 Å². The van der Waals surface area contributed by atoms with Gasteiger partial charge in [-0.05, 0) is 55.8 Å². The van der Waals surface area contributed by atoms with Gasteiger partial charge in [-0.15, -0.1) is 0 Å². The summed E-state index contributed by atoms with van der Waals surface area (Å²) in [7, 11) is 1.81. The summed E-state index contributed by atoms with van der Waals surface area (Å²) in [5.74, 6) is 2.46. The number of hydrogen-bond donors (Lipinski definition) is 1.